The van der Waals surface area contributed by atoms with Crippen molar-refractivity contribution in [3.63, 3.8) is 0 Å². The first-order chi connectivity index (χ1) is 10.5. The Morgan fingerprint density at radius 1 is 1.27 bits per heavy atom. The fraction of sp³-hybridized carbons (Fsp3) is 0.235. The number of rotatable bonds is 5. The molecule has 0 amide bonds. The van der Waals surface area contributed by atoms with Gasteiger partial charge >= 0.3 is 0 Å². The molecule has 2 aromatic rings. The molecular formula is C17H19ClFN3. The van der Waals surface area contributed by atoms with Gasteiger partial charge in [0.1, 0.15) is 5.82 Å². The van der Waals surface area contributed by atoms with E-state index < -0.39 is 0 Å². The maximum atomic E-state index is 13.8. The van der Waals surface area contributed by atoms with Crippen molar-refractivity contribution < 1.29 is 4.39 Å². The summed E-state index contributed by atoms with van der Waals surface area (Å²) in [5, 5.41) is 3.63. The van der Waals surface area contributed by atoms with E-state index in [9.17, 15) is 4.39 Å². The predicted molar refractivity (Wildman–Crippen MR) is 92.3 cm³/mol. The number of benzene rings is 2. The minimum Gasteiger partial charge on any atom is -0.366 e. The Hall–Kier alpha value is -2.07. The molecule has 0 fully saturated rings. The van der Waals surface area contributed by atoms with E-state index in [1.807, 2.05) is 25.8 Å². The number of para-hydroxylation sites is 1. The van der Waals surface area contributed by atoms with Crippen LogP contribution < -0.4 is 5.32 Å². The molecule has 0 aliphatic rings. The van der Waals surface area contributed by atoms with Gasteiger partial charge in [-0.05, 0) is 43.7 Å². The van der Waals surface area contributed by atoms with Crippen molar-refractivity contribution in [1.82, 2.24) is 4.90 Å². The second-order valence-electron chi connectivity index (χ2n) is 5.02. The van der Waals surface area contributed by atoms with Gasteiger partial charge in [-0.2, -0.15) is 0 Å². The Morgan fingerprint density at radius 3 is 2.68 bits per heavy atom. The Morgan fingerprint density at radius 2 is 2.00 bits per heavy atom. The van der Waals surface area contributed by atoms with Crippen LogP contribution in [0.4, 0.5) is 21.5 Å². The Balaban J connectivity index is 2.35. The summed E-state index contributed by atoms with van der Waals surface area (Å²) in [4.78, 5) is 6.41. The lowest BCUT2D eigenvalue weighted by atomic mass is 10.1. The zero-order valence-corrected chi connectivity index (χ0v) is 13.7. The molecule has 0 atom stereocenters. The fourth-order valence-electron chi connectivity index (χ4n) is 1.88. The lowest BCUT2D eigenvalue weighted by Crippen LogP contribution is -2.14. The molecule has 116 valence electrons. The monoisotopic (exact) mass is 319 g/mol. The Kier molecular flexibility index (Phi) is 5.39. The van der Waals surface area contributed by atoms with Gasteiger partial charge in [0.2, 0.25) is 0 Å². The molecule has 22 heavy (non-hydrogen) atoms. The molecule has 0 unspecified atom stereocenters. The largest absolute Gasteiger partial charge is 0.366 e. The van der Waals surface area contributed by atoms with E-state index in [1.165, 1.54) is 6.07 Å². The molecule has 5 heteroatoms. The van der Waals surface area contributed by atoms with Crippen molar-refractivity contribution in [2.45, 2.75) is 13.8 Å². The van der Waals surface area contributed by atoms with Crippen molar-refractivity contribution in [3.05, 3.63) is 52.8 Å². The average molecular weight is 320 g/mol. The normalized spacial score (nSPS) is 11.0. The zero-order chi connectivity index (χ0) is 16.1. The quantitative estimate of drug-likeness (QED) is 0.610. The van der Waals surface area contributed by atoms with Gasteiger partial charge < -0.3 is 10.2 Å². The molecule has 0 heterocycles. The SMILES string of the molecule is CCN(C)/C=N\c1cc(Cl)cc(Nc2ccccc2F)c1C. The third-order valence-corrected chi connectivity index (χ3v) is 3.60. The summed E-state index contributed by atoms with van der Waals surface area (Å²) in [6, 6.07) is 10.1. The second kappa shape index (κ2) is 7.27. The van der Waals surface area contributed by atoms with Crippen LogP contribution in [0.5, 0.6) is 0 Å². The molecule has 0 radical (unpaired) electrons. The highest BCUT2D eigenvalue weighted by Gasteiger charge is 2.08. The van der Waals surface area contributed by atoms with E-state index in [1.54, 1.807) is 36.7 Å². The molecule has 0 spiro atoms. The molecule has 2 aromatic carbocycles. The van der Waals surface area contributed by atoms with Crippen LogP contribution in [0.1, 0.15) is 12.5 Å². The van der Waals surface area contributed by atoms with E-state index in [0.29, 0.717) is 10.7 Å². The zero-order valence-electron chi connectivity index (χ0n) is 12.9. The summed E-state index contributed by atoms with van der Waals surface area (Å²) in [6.45, 7) is 4.84. The second-order valence-corrected chi connectivity index (χ2v) is 5.46. The Labute approximate surface area is 135 Å². The van der Waals surface area contributed by atoms with Crippen molar-refractivity contribution in [1.29, 1.82) is 0 Å². The maximum absolute atomic E-state index is 13.8. The maximum Gasteiger partial charge on any atom is 0.146 e. The van der Waals surface area contributed by atoms with E-state index in [0.717, 1.165) is 23.5 Å². The molecular weight excluding hydrogens is 301 g/mol. The summed E-state index contributed by atoms with van der Waals surface area (Å²) < 4.78 is 13.8. The molecule has 1 N–H and O–H groups in total. The van der Waals surface area contributed by atoms with Crippen LogP contribution in [-0.2, 0) is 0 Å². The number of nitrogens with one attached hydrogen (secondary N) is 1. The number of anilines is 2. The minimum absolute atomic E-state index is 0.308. The number of hydrogen-bond donors (Lipinski definition) is 1. The number of halogens is 2. The van der Waals surface area contributed by atoms with E-state index >= 15 is 0 Å². The molecule has 0 saturated heterocycles. The first-order valence-electron chi connectivity index (χ1n) is 7.07. The highest BCUT2D eigenvalue weighted by atomic mass is 35.5. The molecule has 2 rings (SSSR count). The van der Waals surface area contributed by atoms with Crippen molar-refractivity contribution in [3.8, 4) is 0 Å². The fourth-order valence-corrected chi connectivity index (χ4v) is 2.09. The average Bonchev–Trinajstić information content (AvgIpc) is 2.50. The minimum atomic E-state index is -0.308. The summed E-state index contributed by atoms with van der Waals surface area (Å²) >= 11 is 6.16. The van der Waals surface area contributed by atoms with E-state index in [2.05, 4.69) is 10.3 Å². The van der Waals surface area contributed by atoms with Gasteiger partial charge in [0.15, 0.2) is 0 Å². The first-order valence-corrected chi connectivity index (χ1v) is 7.45. The molecule has 0 aliphatic heterocycles. The van der Waals surface area contributed by atoms with E-state index in [4.69, 9.17) is 11.6 Å². The summed E-state index contributed by atoms with van der Waals surface area (Å²) in [7, 11) is 1.95. The first kappa shape index (κ1) is 16.3. The molecule has 0 saturated carbocycles. The van der Waals surface area contributed by atoms with Gasteiger partial charge in [-0.25, -0.2) is 9.38 Å². The highest BCUT2D eigenvalue weighted by molar-refractivity contribution is 6.31. The van der Waals surface area contributed by atoms with Crippen LogP contribution >= 0.6 is 11.6 Å². The van der Waals surface area contributed by atoms with Crippen molar-refractivity contribution in [2.24, 2.45) is 4.99 Å². The van der Waals surface area contributed by atoms with Crippen LogP contribution in [0.2, 0.25) is 5.02 Å². The van der Waals surface area contributed by atoms with Gasteiger partial charge in [0.05, 0.1) is 17.7 Å². The van der Waals surface area contributed by atoms with Crippen LogP contribution in [0.25, 0.3) is 0 Å². The lowest BCUT2D eigenvalue weighted by Gasteiger charge is -2.14. The summed E-state index contributed by atoms with van der Waals surface area (Å²) in [6.07, 6.45) is 1.76. The van der Waals surface area contributed by atoms with Gasteiger partial charge in [-0.1, -0.05) is 23.7 Å². The lowest BCUT2D eigenvalue weighted by molar-refractivity contribution is 0.552. The van der Waals surface area contributed by atoms with Gasteiger partial charge in [-0.15, -0.1) is 0 Å². The van der Waals surface area contributed by atoms with Gasteiger partial charge in [-0.3, -0.25) is 0 Å². The smallest absolute Gasteiger partial charge is 0.146 e. The number of nitrogens with zero attached hydrogens (tertiary/aromatic N) is 2. The number of hydrogen-bond acceptors (Lipinski definition) is 2. The van der Waals surface area contributed by atoms with E-state index in [-0.39, 0.29) is 5.82 Å². The standard InChI is InChI=1S/C17H19ClFN3/c1-4-22(3)11-20-16-9-13(18)10-17(12(16)2)21-15-8-6-5-7-14(15)19/h5-11,21H,4H2,1-3H3/b20-11-. The molecule has 3 nitrogen and oxygen atoms in total. The van der Waals surface area contributed by atoms with Crippen LogP contribution in [0.3, 0.4) is 0 Å². The van der Waals surface area contributed by atoms with Crippen LogP contribution in [0.15, 0.2) is 41.4 Å². The number of aliphatic imine (C=N–C) groups is 1. The summed E-state index contributed by atoms with van der Waals surface area (Å²) in [5.74, 6) is -0.308. The third kappa shape index (κ3) is 3.98. The van der Waals surface area contributed by atoms with Crippen LogP contribution in [-0.4, -0.2) is 24.8 Å². The Bertz CT molecular complexity index is 686. The summed E-state index contributed by atoms with van der Waals surface area (Å²) in [5.41, 5.74) is 2.82. The topological polar surface area (TPSA) is 27.6 Å². The van der Waals surface area contributed by atoms with Crippen molar-refractivity contribution >= 4 is 35.0 Å². The third-order valence-electron chi connectivity index (χ3n) is 3.38. The van der Waals surface area contributed by atoms with Crippen LogP contribution in [0, 0.1) is 12.7 Å². The highest BCUT2D eigenvalue weighted by Crippen LogP contribution is 2.32. The molecule has 0 aliphatic carbocycles. The predicted octanol–water partition coefficient (Wildman–Crippen LogP) is 5.14. The molecule has 0 aromatic heterocycles. The van der Waals surface area contributed by atoms with Gasteiger partial charge in [0, 0.05) is 24.3 Å². The molecule has 0 bridgehead atoms. The van der Waals surface area contributed by atoms with Gasteiger partial charge in [0.25, 0.3) is 0 Å². The van der Waals surface area contributed by atoms with Crippen molar-refractivity contribution in [2.75, 3.05) is 18.9 Å².